The second-order valence-corrected chi connectivity index (χ2v) is 6.77. The number of nitro groups is 1. The molecule has 2 heterocycles. The number of aryl methyl sites for hydroxylation is 1. The Kier molecular flexibility index (Phi) is 5.39. The summed E-state index contributed by atoms with van der Waals surface area (Å²) in [6.45, 7) is 0.490. The third-order valence-corrected chi connectivity index (χ3v) is 4.90. The molecule has 150 valence electrons. The van der Waals surface area contributed by atoms with Crippen LogP contribution in [0.4, 0.5) is 24.7 Å². The number of piperidine rings is 1. The first-order valence-electron chi connectivity index (χ1n) is 8.80. The molecule has 1 fully saturated rings. The van der Waals surface area contributed by atoms with Crippen molar-refractivity contribution >= 4 is 11.5 Å². The van der Waals surface area contributed by atoms with Crippen LogP contribution in [0.5, 0.6) is 0 Å². The molecule has 0 N–H and O–H groups in total. The molecular weight excluding hydrogens is 377 g/mol. The van der Waals surface area contributed by atoms with Gasteiger partial charge in [0.05, 0.1) is 4.92 Å². The number of hydrogen-bond donors (Lipinski definition) is 0. The van der Waals surface area contributed by atoms with Crippen molar-refractivity contribution in [2.75, 3.05) is 18.0 Å². The second kappa shape index (κ2) is 7.61. The summed E-state index contributed by atoms with van der Waals surface area (Å²) in [7, 11) is 0. The number of nitrogens with zero attached hydrogens (tertiary/aromatic N) is 4. The molecule has 1 aliphatic rings. The smallest absolute Gasteiger partial charge is 0.351 e. The largest absolute Gasteiger partial charge is 0.406 e. The van der Waals surface area contributed by atoms with E-state index in [4.69, 9.17) is 0 Å². The average molecular weight is 396 g/mol. The molecular formula is C18H19F3N4O3. The average Bonchev–Trinajstić information content (AvgIpc) is 2.64. The van der Waals surface area contributed by atoms with E-state index in [0.717, 1.165) is 0 Å². The van der Waals surface area contributed by atoms with Gasteiger partial charge in [0.25, 0.3) is 0 Å². The highest BCUT2D eigenvalue weighted by Gasteiger charge is 2.35. The van der Waals surface area contributed by atoms with Crippen molar-refractivity contribution in [3.05, 3.63) is 62.2 Å². The molecule has 28 heavy (non-hydrogen) atoms. The molecule has 2 aromatic rings. The molecule has 10 heteroatoms. The quantitative estimate of drug-likeness (QED) is 0.584. The number of anilines is 1. The Bertz CT molecular complexity index is 920. The van der Waals surface area contributed by atoms with Crippen LogP contribution in [0.2, 0.25) is 0 Å². The monoisotopic (exact) mass is 396 g/mol. The predicted octanol–water partition coefficient (Wildman–Crippen LogP) is 3.41. The molecule has 0 amide bonds. The minimum Gasteiger partial charge on any atom is -0.351 e. The van der Waals surface area contributed by atoms with Gasteiger partial charge in [-0.15, -0.1) is 0 Å². The van der Waals surface area contributed by atoms with Gasteiger partial charge in [-0.2, -0.15) is 13.2 Å². The molecule has 0 spiro atoms. The maximum Gasteiger partial charge on any atom is 0.406 e. The summed E-state index contributed by atoms with van der Waals surface area (Å²) in [6, 6.07) is 9.84. The van der Waals surface area contributed by atoms with Crippen LogP contribution in [0.1, 0.15) is 30.1 Å². The SMILES string of the molecule is Cc1nc(N2CCC(c3ccccc3)CC2)c([N+](=O)[O-])c(=O)n1CC(F)(F)F. The van der Waals surface area contributed by atoms with Gasteiger partial charge in [0.1, 0.15) is 12.4 Å². The van der Waals surface area contributed by atoms with Gasteiger partial charge in [-0.3, -0.25) is 19.5 Å². The summed E-state index contributed by atoms with van der Waals surface area (Å²) in [5.74, 6) is -0.0752. The zero-order chi connectivity index (χ0) is 20.5. The van der Waals surface area contributed by atoms with Crippen LogP contribution >= 0.6 is 0 Å². The van der Waals surface area contributed by atoms with Crippen LogP contribution in [0.3, 0.4) is 0 Å². The first kappa shape index (κ1) is 19.8. The van der Waals surface area contributed by atoms with E-state index in [1.54, 1.807) is 4.90 Å². The Morgan fingerprint density at radius 3 is 2.36 bits per heavy atom. The van der Waals surface area contributed by atoms with Crippen molar-refractivity contribution in [1.82, 2.24) is 9.55 Å². The molecule has 1 aromatic carbocycles. The topological polar surface area (TPSA) is 81.3 Å². The highest BCUT2D eigenvalue weighted by atomic mass is 19.4. The Hall–Kier alpha value is -2.91. The molecule has 0 unspecified atom stereocenters. The zero-order valence-electron chi connectivity index (χ0n) is 15.1. The molecule has 0 saturated carbocycles. The fourth-order valence-corrected chi connectivity index (χ4v) is 3.53. The lowest BCUT2D eigenvalue weighted by atomic mass is 9.89. The molecule has 1 aliphatic heterocycles. The minimum atomic E-state index is -4.68. The Labute approximate surface area is 158 Å². The first-order valence-corrected chi connectivity index (χ1v) is 8.80. The van der Waals surface area contributed by atoms with Gasteiger partial charge >= 0.3 is 17.4 Å². The summed E-state index contributed by atoms with van der Waals surface area (Å²) < 4.78 is 38.5. The molecule has 0 aliphatic carbocycles. The van der Waals surface area contributed by atoms with Gasteiger partial charge in [-0.25, -0.2) is 4.98 Å². The van der Waals surface area contributed by atoms with Crippen molar-refractivity contribution in [2.24, 2.45) is 0 Å². The van der Waals surface area contributed by atoms with Crippen molar-refractivity contribution < 1.29 is 18.1 Å². The van der Waals surface area contributed by atoms with Gasteiger partial charge in [0.15, 0.2) is 0 Å². The van der Waals surface area contributed by atoms with Crippen LogP contribution in [0, 0.1) is 17.0 Å². The van der Waals surface area contributed by atoms with Crippen molar-refractivity contribution in [3.8, 4) is 0 Å². The van der Waals surface area contributed by atoms with E-state index in [9.17, 15) is 28.1 Å². The van der Waals surface area contributed by atoms with E-state index in [0.29, 0.717) is 30.5 Å². The molecule has 7 nitrogen and oxygen atoms in total. The van der Waals surface area contributed by atoms with Crippen LogP contribution in [0.25, 0.3) is 0 Å². The predicted molar refractivity (Wildman–Crippen MR) is 96.6 cm³/mol. The lowest BCUT2D eigenvalue weighted by Gasteiger charge is -2.32. The van der Waals surface area contributed by atoms with Gasteiger partial charge < -0.3 is 4.90 Å². The van der Waals surface area contributed by atoms with Crippen molar-refractivity contribution in [2.45, 2.75) is 38.4 Å². The van der Waals surface area contributed by atoms with Gasteiger partial charge in [-0.05, 0) is 31.2 Å². The lowest BCUT2D eigenvalue weighted by molar-refractivity contribution is -0.386. The van der Waals surface area contributed by atoms with E-state index in [2.05, 4.69) is 4.98 Å². The summed E-state index contributed by atoms with van der Waals surface area (Å²) in [4.78, 5) is 28.5. The number of alkyl halides is 3. The van der Waals surface area contributed by atoms with E-state index < -0.39 is 28.9 Å². The van der Waals surface area contributed by atoms with Crippen LogP contribution < -0.4 is 10.5 Å². The van der Waals surface area contributed by atoms with Crippen molar-refractivity contribution in [3.63, 3.8) is 0 Å². The fourth-order valence-electron chi connectivity index (χ4n) is 3.53. The number of hydrogen-bond acceptors (Lipinski definition) is 5. The highest BCUT2D eigenvalue weighted by molar-refractivity contribution is 5.57. The Morgan fingerprint density at radius 2 is 1.82 bits per heavy atom. The van der Waals surface area contributed by atoms with Gasteiger partial charge in [0, 0.05) is 13.1 Å². The fraction of sp³-hybridized carbons (Fsp3) is 0.444. The summed E-state index contributed by atoms with van der Waals surface area (Å²) >= 11 is 0. The number of halogens is 3. The molecule has 0 bridgehead atoms. The molecule has 3 rings (SSSR count). The van der Waals surface area contributed by atoms with Gasteiger partial charge in [0.2, 0.25) is 5.82 Å². The van der Waals surface area contributed by atoms with Crippen molar-refractivity contribution in [1.29, 1.82) is 0 Å². The lowest BCUT2D eigenvalue weighted by Crippen LogP contribution is -2.38. The first-order chi connectivity index (χ1) is 13.2. The molecule has 1 aromatic heterocycles. The summed E-state index contributed by atoms with van der Waals surface area (Å²) in [6.07, 6.45) is -3.28. The van der Waals surface area contributed by atoms with Gasteiger partial charge in [-0.1, -0.05) is 30.3 Å². The highest BCUT2D eigenvalue weighted by Crippen LogP contribution is 2.32. The third kappa shape index (κ3) is 4.15. The Morgan fingerprint density at radius 1 is 1.21 bits per heavy atom. The van der Waals surface area contributed by atoms with E-state index in [1.165, 1.54) is 12.5 Å². The number of benzene rings is 1. The van der Waals surface area contributed by atoms with E-state index >= 15 is 0 Å². The molecule has 0 atom stereocenters. The normalized spacial score (nSPS) is 15.6. The standard InChI is InChI=1S/C18H19F3N4O3/c1-12-22-16(15(25(27)28)17(26)24(12)11-18(19,20)21)23-9-7-14(8-10-23)13-5-3-2-4-6-13/h2-6,14H,7-11H2,1H3. The summed E-state index contributed by atoms with van der Waals surface area (Å²) in [5.41, 5.74) is -1.02. The van der Waals surface area contributed by atoms with Crippen LogP contribution in [0.15, 0.2) is 35.1 Å². The number of aromatic nitrogens is 2. The van der Waals surface area contributed by atoms with E-state index in [1.807, 2.05) is 30.3 Å². The minimum absolute atomic E-state index is 0.155. The third-order valence-electron chi connectivity index (χ3n) is 4.90. The van der Waals surface area contributed by atoms with Crippen LogP contribution in [-0.2, 0) is 6.54 Å². The maximum absolute atomic E-state index is 12.7. The second-order valence-electron chi connectivity index (χ2n) is 6.77. The number of rotatable bonds is 4. The van der Waals surface area contributed by atoms with Crippen LogP contribution in [-0.4, -0.2) is 33.7 Å². The summed E-state index contributed by atoms with van der Waals surface area (Å²) in [5, 5.41) is 11.4. The van der Waals surface area contributed by atoms with E-state index in [-0.39, 0.29) is 17.6 Å². The molecule has 1 saturated heterocycles. The maximum atomic E-state index is 12.7. The Balaban J connectivity index is 1.90. The molecule has 0 radical (unpaired) electrons. The zero-order valence-corrected chi connectivity index (χ0v) is 15.1.